The summed E-state index contributed by atoms with van der Waals surface area (Å²) in [5, 5.41) is 4.79. The van der Waals surface area contributed by atoms with Crippen LogP contribution in [0, 0.1) is 12.8 Å². The summed E-state index contributed by atoms with van der Waals surface area (Å²) in [6, 6.07) is 0. The van der Waals surface area contributed by atoms with Gasteiger partial charge in [0.05, 0.1) is 0 Å². The molecule has 1 fully saturated rings. The van der Waals surface area contributed by atoms with Crippen LogP contribution >= 0.6 is 11.3 Å². The Morgan fingerprint density at radius 1 is 1.45 bits per heavy atom. The molecule has 0 saturated carbocycles. The summed E-state index contributed by atoms with van der Waals surface area (Å²) in [5.41, 5.74) is 0.932. The van der Waals surface area contributed by atoms with Gasteiger partial charge in [0.1, 0.15) is 0 Å². The first kappa shape index (κ1) is 17.2. The highest BCUT2D eigenvalue weighted by Crippen LogP contribution is 2.15. The van der Waals surface area contributed by atoms with Gasteiger partial charge in [-0.05, 0) is 45.2 Å². The van der Waals surface area contributed by atoms with Crippen molar-refractivity contribution < 1.29 is 4.79 Å². The first-order valence-corrected chi connectivity index (χ1v) is 9.08. The molecule has 6 heteroatoms. The van der Waals surface area contributed by atoms with Gasteiger partial charge in [0.15, 0.2) is 0 Å². The zero-order valence-electron chi connectivity index (χ0n) is 13.6. The molecule has 2 heterocycles. The minimum absolute atomic E-state index is 0.0181. The molecule has 0 unspecified atom stereocenters. The summed E-state index contributed by atoms with van der Waals surface area (Å²) in [5.74, 6) is 0.833. The predicted octanol–water partition coefficient (Wildman–Crippen LogP) is 1.85. The number of aryl methyl sites for hydroxylation is 1. The van der Waals surface area contributed by atoms with Crippen LogP contribution in [0.4, 0.5) is 0 Å². The number of hydrogen-bond acceptors (Lipinski definition) is 4. The van der Waals surface area contributed by atoms with Crippen LogP contribution in [0.15, 0.2) is 10.2 Å². The molecule has 22 heavy (non-hydrogen) atoms. The van der Waals surface area contributed by atoms with Crippen LogP contribution in [-0.4, -0.2) is 41.6 Å². The molecule has 1 aliphatic rings. The van der Waals surface area contributed by atoms with Gasteiger partial charge in [-0.1, -0.05) is 18.3 Å². The monoisotopic (exact) mass is 325 g/mol. The average molecular weight is 325 g/mol. The maximum absolute atomic E-state index is 11.8. The minimum Gasteiger partial charge on any atom is -0.356 e. The van der Waals surface area contributed by atoms with Crippen molar-refractivity contribution in [2.45, 2.75) is 46.1 Å². The van der Waals surface area contributed by atoms with E-state index in [2.05, 4.69) is 17.1 Å². The standard InChI is InChI=1S/C16H27N3O2S/c1-13-5-3-8-18(11-13)9-4-7-17-15(20)6-10-19-14(2)12-22-16(19)21/h12-13H,3-11H2,1-2H3,(H,17,20)/t13-/m0/s1. The fraction of sp³-hybridized carbons (Fsp3) is 0.750. The van der Waals surface area contributed by atoms with E-state index in [1.165, 1.54) is 37.3 Å². The van der Waals surface area contributed by atoms with Gasteiger partial charge >= 0.3 is 4.87 Å². The molecule has 1 aromatic rings. The topological polar surface area (TPSA) is 54.3 Å². The highest BCUT2D eigenvalue weighted by molar-refractivity contribution is 7.07. The minimum atomic E-state index is 0.0181. The van der Waals surface area contributed by atoms with Crippen LogP contribution < -0.4 is 10.2 Å². The fourth-order valence-corrected chi connectivity index (χ4v) is 3.76. The number of likely N-dealkylation sites (tertiary alicyclic amines) is 1. The third-order valence-electron chi connectivity index (χ3n) is 4.25. The van der Waals surface area contributed by atoms with Crippen LogP contribution in [0.3, 0.4) is 0 Å². The molecule has 1 N–H and O–H groups in total. The van der Waals surface area contributed by atoms with Gasteiger partial charge < -0.3 is 14.8 Å². The first-order valence-electron chi connectivity index (χ1n) is 8.20. The van der Waals surface area contributed by atoms with Crippen molar-refractivity contribution in [1.82, 2.24) is 14.8 Å². The number of nitrogens with one attached hydrogen (secondary N) is 1. The molecular formula is C16H27N3O2S. The van der Waals surface area contributed by atoms with Crippen LogP contribution in [0.1, 0.15) is 38.3 Å². The van der Waals surface area contributed by atoms with E-state index in [1.54, 1.807) is 4.57 Å². The summed E-state index contributed by atoms with van der Waals surface area (Å²) in [7, 11) is 0. The van der Waals surface area contributed by atoms with E-state index in [4.69, 9.17) is 0 Å². The Morgan fingerprint density at radius 3 is 2.95 bits per heavy atom. The molecule has 124 valence electrons. The third-order valence-corrected chi connectivity index (χ3v) is 5.13. The van der Waals surface area contributed by atoms with Crippen LogP contribution in [0.25, 0.3) is 0 Å². The van der Waals surface area contributed by atoms with Gasteiger partial charge in [-0.3, -0.25) is 9.59 Å². The lowest BCUT2D eigenvalue weighted by Crippen LogP contribution is -2.36. The van der Waals surface area contributed by atoms with E-state index >= 15 is 0 Å². The van der Waals surface area contributed by atoms with Gasteiger partial charge in [-0.25, -0.2) is 0 Å². The molecule has 0 aliphatic carbocycles. The van der Waals surface area contributed by atoms with Crippen molar-refractivity contribution in [1.29, 1.82) is 0 Å². The molecule has 1 aromatic heterocycles. The van der Waals surface area contributed by atoms with Crippen molar-refractivity contribution in [3.63, 3.8) is 0 Å². The average Bonchev–Trinajstić information content (AvgIpc) is 2.80. The Kier molecular flexibility index (Phi) is 6.64. The Morgan fingerprint density at radius 2 is 2.27 bits per heavy atom. The molecule has 1 atom stereocenters. The fourth-order valence-electron chi connectivity index (χ4n) is 3.00. The summed E-state index contributed by atoms with van der Waals surface area (Å²) in [6.45, 7) is 8.85. The molecule has 1 aliphatic heterocycles. The Balaban J connectivity index is 1.59. The predicted molar refractivity (Wildman–Crippen MR) is 90.4 cm³/mol. The number of carbonyl (C=O) groups excluding carboxylic acids is 1. The van der Waals surface area contributed by atoms with E-state index in [9.17, 15) is 9.59 Å². The van der Waals surface area contributed by atoms with E-state index in [-0.39, 0.29) is 10.8 Å². The lowest BCUT2D eigenvalue weighted by atomic mass is 10.0. The summed E-state index contributed by atoms with van der Waals surface area (Å²) in [4.78, 5) is 25.9. The van der Waals surface area contributed by atoms with E-state index in [0.717, 1.165) is 31.1 Å². The summed E-state index contributed by atoms with van der Waals surface area (Å²) in [6.07, 6.45) is 4.00. The smallest absolute Gasteiger partial charge is 0.307 e. The zero-order valence-corrected chi connectivity index (χ0v) is 14.5. The number of carbonyl (C=O) groups is 1. The SMILES string of the molecule is Cc1csc(=O)n1CCC(=O)NCCCN1CCC[C@H](C)C1. The number of amides is 1. The van der Waals surface area contributed by atoms with Crippen molar-refractivity contribution >= 4 is 17.2 Å². The molecule has 1 amide bonds. The lowest BCUT2D eigenvalue weighted by Gasteiger charge is -2.30. The van der Waals surface area contributed by atoms with Gasteiger partial charge in [-0.15, -0.1) is 0 Å². The van der Waals surface area contributed by atoms with Gasteiger partial charge in [0, 0.05) is 37.1 Å². The summed E-state index contributed by atoms with van der Waals surface area (Å²) >= 11 is 1.19. The van der Waals surface area contributed by atoms with Gasteiger partial charge in [0.25, 0.3) is 0 Å². The number of thiazole rings is 1. The Bertz CT molecular complexity index is 538. The molecular weight excluding hydrogens is 298 g/mol. The summed E-state index contributed by atoms with van der Waals surface area (Å²) < 4.78 is 1.67. The quantitative estimate of drug-likeness (QED) is 0.779. The van der Waals surface area contributed by atoms with Gasteiger partial charge in [0.2, 0.25) is 5.91 Å². The Labute approximate surface area is 136 Å². The highest BCUT2D eigenvalue weighted by atomic mass is 32.1. The number of nitrogens with zero attached hydrogens (tertiary/aromatic N) is 2. The number of aromatic nitrogens is 1. The third kappa shape index (κ3) is 5.25. The Hall–Kier alpha value is -1.14. The van der Waals surface area contributed by atoms with Crippen molar-refractivity contribution in [3.05, 3.63) is 20.7 Å². The maximum Gasteiger partial charge on any atom is 0.307 e. The number of hydrogen-bond donors (Lipinski definition) is 1. The molecule has 0 spiro atoms. The van der Waals surface area contributed by atoms with Gasteiger partial charge in [-0.2, -0.15) is 0 Å². The zero-order chi connectivity index (χ0) is 15.9. The second-order valence-electron chi connectivity index (χ2n) is 6.30. The van der Waals surface area contributed by atoms with Crippen molar-refractivity contribution in [2.24, 2.45) is 5.92 Å². The molecule has 0 radical (unpaired) electrons. The van der Waals surface area contributed by atoms with E-state index in [0.29, 0.717) is 13.0 Å². The lowest BCUT2D eigenvalue weighted by molar-refractivity contribution is -0.121. The number of rotatable bonds is 7. The van der Waals surface area contributed by atoms with Crippen LogP contribution in [0.5, 0.6) is 0 Å². The molecule has 0 bridgehead atoms. The van der Waals surface area contributed by atoms with E-state index < -0.39 is 0 Å². The molecule has 2 rings (SSSR count). The largest absolute Gasteiger partial charge is 0.356 e. The highest BCUT2D eigenvalue weighted by Gasteiger charge is 2.15. The van der Waals surface area contributed by atoms with Crippen molar-refractivity contribution in [2.75, 3.05) is 26.2 Å². The normalized spacial score (nSPS) is 19.3. The molecule has 0 aromatic carbocycles. The van der Waals surface area contributed by atoms with E-state index in [1.807, 2.05) is 12.3 Å². The second-order valence-corrected chi connectivity index (χ2v) is 7.12. The maximum atomic E-state index is 11.8. The second kappa shape index (κ2) is 8.48. The molecule has 1 saturated heterocycles. The van der Waals surface area contributed by atoms with Crippen LogP contribution in [-0.2, 0) is 11.3 Å². The van der Waals surface area contributed by atoms with Crippen molar-refractivity contribution in [3.8, 4) is 0 Å². The molecule has 5 nitrogen and oxygen atoms in total. The first-order chi connectivity index (χ1) is 10.6. The number of piperidine rings is 1. The van der Waals surface area contributed by atoms with Crippen LogP contribution in [0.2, 0.25) is 0 Å².